The standard InChI is InChI=1S/C19H27ClN2O4/c1-5-22(18(24)12-26-19(25)9-6-13(2)3)11-17(23)21-16-10-15(20)8-7-14(16)4/h7-8,10,13H,5-6,9,11-12H2,1-4H3,(H,21,23). The lowest BCUT2D eigenvalue weighted by molar-refractivity contribution is -0.152. The van der Waals surface area contributed by atoms with Crippen molar-refractivity contribution in [2.75, 3.05) is 25.0 Å². The predicted molar refractivity (Wildman–Crippen MR) is 102 cm³/mol. The van der Waals surface area contributed by atoms with E-state index in [1.54, 1.807) is 25.1 Å². The zero-order chi connectivity index (χ0) is 19.7. The van der Waals surface area contributed by atoms with Gasteiger partial charge in [-0.1, -0.05) is 31.5 Å². The van der Waals surface area contributed by atoms with E-state index in [1.807, 2.05) is 20.8 Å². The number of nitrogens with zero attached hydrogens (tertiary/aromatic N) is 1. The van der Waals surface area contributed by atoms with Gasteiger partial charge < -0.3 is 15.0 Å². The Kier molecular flexibility index (Phi) is 9.13. The number of nitrogens with one attached hydrogen (secondary N) is 1. The summed E-state index contributed by atoms with van der Waals surface area (Å²) >= 11 is 5.94. The average Bonchev–Trinajstić information content (AvgIpc) is 2.58. The zero-order valence-corrected chi connectivity index (χ0v) is 16.6. The van der Waals surface area contributed by atoms with E-state index in [-0.39, 0.29) is 25.5 Å². The SMILES string of the molecule is CCN(CC(=O)Nc1cc(Cl)ccc1C)C(=O)COC(=O)CCC(C)C. The largest absolute Gasteiger partial charge is 0.456 e. The molecule has 0 bridgehead atoms. The molecule has 1 N–H and O–H groups in total. The normalized spacial score (nSPS) is 10.5. The number of carbonyl (C=O) groups is 3. The van der Waals surface area contributed by atoms with E-state index in [0.717, 1.165) is 5.56 Å². The quantitative estimate of drug-likeness (QED) is 0.664. The number of likely N-dealkylation sites (N-methyl/N-ethyl adjacent to an activating group) is 1. The van der Waals surface area contributed by atoms with Crippen LogP contribution < -0.4 is 5.32 Å². The Bertz CT molecular complexity index is 646. The van der Waals surface area contributed by atoms with Gasteiger partial charge in [0.05, 0.1) is 6.54 Å². The first kappa shape index (κ1) is 22.0. The van der Waals surface area contributed by atoms with Crippen molar-refractivity contribution >= 4 is 35.1 Å². The summed E-state index contributed by atoms with van der Waals surface area (Å²) in [5.41, 5.74) is 1.47. The van der Waals surface area contributed by atoms with Gasteiger partial charge in [0, 0.05) is 23.7 Å². The maximum Gasteiger partial charge on any atom is 0.306 e. The van der Waals surface area contributed by atoms with Gasteiger partial charge in [-0.2, -0.15) is 0 Å². The van der Waals surface area contributed by atoms with Crippen LogP contribution in [0.5, 0.6) is 0 Å². The zero-order valence-electron chi connectivity index (χ0n) is 15.8. The second-order valence-corrected chi connectivity index (χ2v) is 6.94. The van der Waals surface area contributed by atoms with E-state index >= 15 is 0 Å². The van der Waals surface area contributed by atoms with Crippen molar-refractivity contribution in [3.05, 3.63) is 28.8 Å². The number of amides is 2. The van der Waals surface area contributed by atoms with Crippen LogP contribution in [0.3, 0.4) is 0 Å². The first-order valence-corrected chi connectivity index (χ1v) is 9.10. The number of carbonyl (C=O) groups excluding carboxylic acids is 3. The minimum atomic E-state index is -0.401. The molecule has 0 radical (unpaired) electrons. The fraction of sp³-hybridized carbons (Fsp3) is 0.526. The summed E-state index contributed by atoms with van der Waals surface area (Å²) in [5.74, 6) is -0.744. The first-order chi connectivity index (χ1) is 12.2. The molecule has 1 aromatic carbocycles. The van der Waals surface area contributed by atoms with Gasteiger partial charge in [0.2, 0.25) is 5.91 Å². The fourth-order valence-electron chi connectivity index (χ4n) is 2.18. The van der Waals surface area contributed by atoms with E-state index < -0.39 is 11.9 Å². The maximum absolute atomic E-state index is 12.2. The second-order valence-electron chi connectivity index (χ2n) is 6.51. The van der Waals surface area contributed by atoms with Gasteiger partial charge in [-0.3, -0.25) is 14.4 Å². The molecule has 7 heteroatoms. The monoisotopic (exact) mass is 382 g/mol. The number of esters is 1. The molecule has 2 amide bonds. The highest BCUT2D eigenvalue weighted by Crippen LogP contribution is 2.20. The summed E-state index contributed by atoms with van der Waals surface area (Å²) in [6, 6.07) is 5.20. The van der Waals surface area contributed by atoms with Crippen molar-refractivity contribution in [1.82, 2.24) is 4.90 Å². The first-order valence-electron chi connectivity index (χ1n) is 8.72. The molecule has 0 aliphatic rings. The summed E-state index contributed by atoms with van der Waals surface area (Å²) in [6.45, 7) is 7.50. The van der Waals surface area contributed by atoms with E-state index in [4.69, 9.17) is 16.3 Å². The lowest BCUT2D eigenvalue weighted by Crippen LogP contribution is -2.40. The van der Waals surface area contributed by atoms with Crippen LogP contribution in [0.25, 0.3) is 0 Å². The van der Waals surface area contributed by atoms with E-state index in [9.17, 15) is 14.4 Å². The number of ether oxygens (including phenoxy) is 1. The minimum absolute atomic E-state index is 0.120. The van der Waals surface area contributed by atoms with Gasteiger partial charge in [0.25, 0.3) is 5.91 Å². The molecule has 6 nitrogen and oxygen atoms in total. The van der Waals surface area contributed by atoms with Gasteiger partial charge >= 0.3 is 5.97 Å². The molecule has 26 heavy (non-hydrogen) atoms. The number of rotatable bonds is 9. The van der Waals surface area contributed by atoms with E-state index in [0.29, 0.717) is 29.6 Å². The number of hydrogen-bond donors (Lipinski definition) is 1. The van der Waals surface area contributed by atoms with E-state index in [2.05, 4.69) is 5.32 Å². The molecular formula is C19H27ClN2O4. The Morgan fingerprint density at radius 1 is 1.27 bits per heavy atom. The van der Waals surface area contributed by atoms with Crippen LogP contribution in [0.2, 0.25) is 5.02 Å². The van der Waals surface area contributed by atoms with Crippen molar-refractivity contribution < 1.29 is 19.1 Å². The predicted octanol–water partition coefficient (Wildman–Crippen LogP) is 3.41. The minimum Gasteiger partial charge on any atom is -0.456 e. The molecular weight excluding hydrogens is 356 g/mol. The smallest absolute Gasteiger partial charge is 0.306 e. The van der Waals surface area contributed by atoms with Crippen LogP contribution in [0, 0.1) is 12.8 Å². The van der Waals surface area contributed by atoms with Crippen LogP contribution in [-0.4, -0.2) is 42.4 Å². The molecule has 144 valence electrons. The van der Waals surface area contributed by atoms with Crippen molar-refractivity contribution in [2.24, 2.45) is 5.92 Å². The highest BCUT2D eigenvalue weighted by atomic mass is 35.5. The molecule has 0 aromatic heterocycles. The van der Waals surface area contributed by atoms with Gasteiger partial charge in [0.15, 0.2) is 6.61 Å². The van der Waals surface area contributed by atoms with Gasteiger partial charge in [-0.15, -0.1) is 0 Å². The number of hydrogen-bond acceptors (Lipinski definition) is 4. The third-order valence-corrected chi connectivity index (χ3v) is 4.06. The Morgan fingerprint density at radius 2 is 1.96 bits per heavy atom. The maximum atomic E-state index is 12.2. The van der Waals surface area contributed by atoms with Gasteiger partial charge in [0.1, 0.15) is 0 Å². The van der Waals surface area contributed by atoms with E-state index in [1.165, 1.54) is 4.90 Å². The summed E-state index contributed by atoms with van der Waals surface area (Å²) in [5, 5.41) is 3.26. The number of benzene rings is 1. The topological polar surface area (TPSA) is 75.7 Å². The molecule has 0 aliphatic carbocycles. The molecule has 0 aliphatic heterocycles. The lowest BCUT2D eigenvalue weighted by atomic mass is 10.1. The van der Waals surface area contributed by atoms with Crippen molar-refractivity contribution in [3.8, 4) is 0 Å². The Balaban J connectivity index is 2.51. The third kappa shape index (κ3) is 7.87. The lowest BCUT2D eigenvalue weighted by Gasteiger charge is -2.20. The van der Waals surface area contributed by atoms with Crippen molar-refractivity contribution in [3.63, 3.8) is 0 Å². The van der Waals surface area contributed by atoms with Crippen LogP contribution in [0.15, 0.2) is 18.2 Å². The van der Waals surface area contributed by atoms with Crippen LogP contribution >= 0.6 is 11.6 Å². The highest BCUT2D eigenvalue weighted by Gasteiger charge is 2.18. The summed E-state index contributed by atoms with van der Waals surface area (Å²) < 4.78 is 4.99. The second kappa shape index (κ2) is 10.8. The van der Waals surface area contributed by atoms with Crippen LogP contribution in [0.4, 0.5) is 5.69 Å². The van der Waals surface area contributed by atoms with Crippen LogP contribution in [0.1, 0.15) is 39.2 Å². The molecule has 1 rings (SSSR count). The number of aryl methyl sites for hydroxylation is 1. The van der Waals surface area contributed by atoms with Crippen LogP contribution in [-0.2, 0) is 19.1 Å². The number of halogens is 1. The number of anilines is 1. The Labute approximate surface area is 159 Å². The third-order valence-electron chi connectivity index (χ3n) is 3.83. The molecule has 0 heterocycles. The summed E-state index contributed by atoms with van der Waals surface area (Å²) in [7, 11) is 0. The molecule has 0 saturated heterocycles. The molecule has 0 fully saturated rings. The van der Waals surface area contributed by atoms with Crippen molar-refractivity contribution in [2.45, 2.75) is 40.5 Å². The summed E-state index contributed by atoms with van der Waals surface area (Å²) in [6.07, 6.45) is 0.998. The molecule has 0 unspecified atom stereocenters. The Hall–Kier alpha value is -2.08. The Morgan fingerprint density at radius 3 is 2.58 bits per heavy atom. The molecule has 0 saturated carbocycles. The van der Waals surface area contributed by atoms with Crippen molar-refractivity contribution in [1.29, 1.82) is 0 Å². The molecule has 0 atom stereocenters. The molecule has 0 spiro atoms. The average molecular weight is 383 g/mol. The highest BCUT2D eigenvalue weighted by molar-refractivity contribution is 6.31. The van der Waals surface area contributed by atoms with Gasteiger partial charge in [-0.25, -0.2) is 0 Å². The molecule has 1 aromatic rings. The summed E-state index contributed by atoms with van der Waals surface area (Å²) in [4.78, 5) is 37.3. The fourth-order valence-corrected chi connectivity index (χ4v) is 2.35. The van der Waals surface area contributed by atoms with Gasteiger partial charge in [-0.05, 0) is 43.9 Å².